The molecule has 1 heterocycles. The topological polar surface area (TPSA) is 91.1 Å². The van der Waals surface area contributed by atoms with Crippen molar-refractivity contribution in [2.45, 2.75) is 0 Å². The molecule has 9 heteroatoms. The van der Waals surface area contributed by atoms with Gasteiger partial charge >= 0.3 is 5.97 Å². The highest BCUT2D eigenvalue weighted by Crippen LogP contribution is 2.30. The summed E-state index contributed by atoms with van der Waals surface area (Å²) in [5.41, 5.74) is 0.458. The van der Waals surface area contributed by atoms with Gasteiger partial charge in [-0.3, -0.25) is 10.1 Å². The van der Waals surface area contributed by atoms with Crippen molar-refractivity contribution in [2.24, 2.45) is 0 Å². The highest BCUT2D eigenvalue weighted by Gasteiger charge is 2.23. The van der Waals surface area contributed by atoms with E-state index in [1.54, 1.807) is 30.3 Å². The fraction of sp³-hybridized carbons (Fsp3) is 0.316. The van der Waals surface area contributed by atoms with Crippen molar-refractivity contribution in [3.05, 3.63) is 63.2 Å². The third-order valence-corrected chi connectivity index (χ3v) is 4.41. The summed E-state index contributed by atoms with van der Waals surface area (Å²) < 4.78 is 15.9. The Morgan fingerprint density at radius 3 is 2.54 bits per heavy atom. The Labute approximate surface area is 166 Å². The van der Waals surface area contributed by atoms with E-state index in [2.05, 4.69) is 0 Å². The number of anilines is 1. The van der Waals surface area contributed by atoms with E-state index in [9.17, 15) is 14.9 Å². The smallest absolute Gasteiger partial charge is 0.338 e. The molecule has 1 aliphatic rings. The van der Waals surface area contributed by atoms with Gasteiger partial charge in [-0.15, -0.1) is 0 Å². The largest absolute Gasteiger partial charge is 0.490 e. The van der Waals surface area contributed by atoms with E-state index < -0.39 is 10.9 Å². The number of hydrogen-bond donors (Lipinski definition) is 0. The van der Waals surface area contributed by atoms with Crippen molar-refractivity contribution in [1.29, 1.82) is 0 Å². The van der Waals surface area contributed by atoms with Gasteiger partial charge in [0.15, 0.2) is 0 Å². The Kier molecular flexibility index (Phi) is 6.67. The fourth-order valence-corrected chi connectivity index (χ4v) is 2.90. The van der Waals surface area contributed by atoms with Gasteiger partial charge in [-0.1, -0.05) is 11.6 Å². The van der Waals surface area contributed by atoms with Gasteiger partial charge in [-0.25, -0.2) is 4.79 Å². The number of morpholine rings is 1. The van der Waals surface area contributed by atoms with Crippen molar-refractivity contribution in [2.75, 3.05) is 44.4 Å². The molecular formula is C19H19ClN2O6. The second-order valence-electron chi connectivity index (χ2n) is 6.00. The molecule has 148 valence electrons. The molecule has 0 amide bonds. The Morgan fingerprint density at radius 1 is 1.14 bits per heavy atom. The summed E-state index contributed by atoms with van der Waals surface area (Å²) in [6, 6.07) is 11.1. The molecule has 0 spiro atoms. The minimum absolute atomic E-state index is 0.0144. The van der Waals surface area contributed by atoms with Gasteiger partial charge in [-0.05, 0) is 36.4 Å². The van der Waals surface area contributed by atoms with Crippen LogP contribution in [0.2, 0.25) is 5.02 Å². The van der Waals surface area contributed by atoms with Crippen LogP contribution >= 0.6 is 11.6 Å². The van der Waals surface area contributed by atoms with Crippen LogP contribution in [-0.2, 0) is 9.47 Å². The lowest BCUT2D eigenvalue weighted by atomic mass is 10.1. The van der Waals surface area contributed by atoms with Crippen LogP contribution in [0.15, 0.2) is 42.5 Å². The Bertz CT molecular complexity index is 837. The second-order valence-corrected chi connectivity index (χ2v) is 6.43. The highest BCUT2D eigenvalue weighted by molar-refractivity contribution is 6.30. The van der Waals surface area contributed by atoms with Gasteiger partial charge in [0.25, 0.3) is 5.69 Å². The highest BCUT2D eigenvalue weighted by atomic mass is 35.5. The maximum absolute atomic E-state index is 12.2. The summed E-state index contributed by atoms with van der Waals surface area (Å²) in [5.74, 6) is -0.0396. The lowest BCUT2D eigenvalue weighted by molar-refractivity contribution is -0.384. The van der Waals surface area contributed by atoms with E-state index >= 15 is 0 Å². The average molecular weight is 407 g/mol. The number of nitro groups is 1. The summed E-state index contributed by atoms with van der Waals surface area (Å²) in [4.78, 5) is 25.0. The Morgan fingerprint density at radius 2 is 1.86 bits per heavy atom. The number of carbonyl (C=O) groups is 1. The lowest BCUT2D eigenvalue weighted by Gasteiger charge is -2.28. The Hall–Kier alpha value is -2.84. The summed E-state index contributed by atoms with van der Waals surface area (Å²) >= 11 is 5.80. The molecule has 0 aromatic heterocycles. The van der Waals surface area contributed by atoms with Crippen molar-refractivity contribution in [3.8, 4) is 5.75 Å². The number of halogens is 1. The second kappa shape index (κ2) is 9.38. The molecule has 28 heavy (non-hydrogen) atoms. The zero-order chi connectivity index (χ0) is 19.9. The normalized spacial score (nSPS) is 13.8. The quantitative estimate of drug-likeness (QED) is 0.301. The van der Waals surface area contributed by atoms with Gasteiger partial charge in [0.05, 0.1) is 23.7 Å². The van der Waals surface area contributed by atoms with Crippen LogP contribution in [0.5, 0.6) is 5.75 Å². The molecule has 0 saturated carbocycles. The molecule has 2 aromatic carbocycles. The van der Waals surface area contributed by atoms with Crippen molar-refractivity contribution in [3.63, 3.8) is 0 Å². The summed E-state index contributed by atoms with van der Waals surface area (Å²) in [6.45, 7) is 2.31. The minimum atomic E-state index is -0.642. The summed E-state index contributed by atoms with van der Waals surface area (Å²) in [5, 5.41) is 12.0. The molecule has 0 atom stereocenters. The number of nitro benzene ring substituents is 1. The molecule has 0 aliphatic carbocycles. The average Bonchev–Trinajstić information content (AvgIpc) is 2.72. The number of esters is 1. The number of hydrogen-bond acceptors (Lipinski definition) is 7. The third kappa shape index (κ3) is 5.11. The minimum Gasteiger partial charge on any atom is -0.490 e. The van der Waals surface area contributed by atoms with Crippen LogP contribution < -0.4 is 9.64 Å². The maximum Gasteiger partial charge on any atom is 0.338 e. The van der Waals surface area contributed by atoms with Crippen LogP contribution in [0.1, 0.15) is 10.4 Å². The van der Waals surface area contributed by atoms with Crippen LogP contribution in [0.4, 0.5) is 11.4 Å². The molecular weight excluding hydrogens is 388 g/mol. The molecule has 1 fully saturated rings. The first-order valence-corrected chi connectivity index (χ1v) is 9.09. The van der Waals surface area contributed by atoms with Gasteiger partial charge in [0.2, 0.25) is 0 Å². The maximum atomic E-state index is 12.2. The van der Waals surface area contributed by atoms with Crippen molar-refractivity contribution >= 4 is 28.9 Å². The molecule has 0 radical (unpaired) electrons. The van der Waals surface area contributed by atoms with Crippen LogP contribution in [-0.4, -0.2) is 50.4 Å². The number of benzene rings is 2. The first kappa shape index (κ1) is 19.9. The number of rotatable bonds is 7. The van der Waals surface area contributed by atoms with E-state index in [0.29, 0.717) is 42.8 Å². The first-order valence-electron chi connectivity index (χ1n) is 8.71. The SMILES string of the molecule is O=C(OCCOc1ccc(Cl)cc1)c1ccc(N2CCOCC2)c([N+](=O)[O-])c1. The van der Waals surface area contributed by atoms with E-state index in [1.807, 2.05) is 4.90 Å². The molecule has 8 nitrogen and oxygen atoms in total. The van der Waals surface area contributed by atoms with Gasteiger partial charge in [-0.2, -0.15) is 0 Å². The molecule has 0 N–H and O–H groups in total. The lowest BCUT2D eigenvalue weighted by Crippen LogP contribution is -2.36. The van der Waals surface area contributed by atoms with Crippen LogP contribution in [0.3, 0.4) is 0 Å². The van der Waals surface area contributed by atoms with Crippen LogP contribution in [0, 0.1) is 10.1 Å². The van der Waals surface area contributed by atoms with E-state index in [4.69, 9.17) is 25.8 Å². The molecule has 1 saturated heterocycles. The Balaban J connectivity index is 1.59. The predicted molar refractivity (Wildman–Crippen MR) is 103 cm³/mol. The third-order valence-electron chi connectivity index (χ3n) is 4.16. The standard InChI is InChI=1S/C19H19ClN2O6/c20-15-2-4-16(5-3-15)27-11-12-28-19(23)14-1-6-17(18(13-14)22(24)25)21-7-9-26-10-8-21/h1-6,13H,7-12H2. The fourth-order valence-electron chi connectivity index (χ4n) is 2.78. The molecule has 0 unspecified atom stereocenters. The van der Waals surface area contributed by atoms with Gasteiger partial charge in [0, 0.05) is 24.2 Å². The van der Waals surface area contributed by atoms with E-state index in [0.717, 1.165) is 0 Å². The zero-order valence-corrected chi connectivity index (χ0v) is 15.8. The molecule has 3 rings (SSSR count). The number of carbonyl (C=O) groups excluding carboxylic acids is 1. The van der Waals surface area contributed by atoms with Crippen molar-refractivity contribution < 1.29 is 23.9 Å². The number of nitrogens with zero attached hydrogens (tertiary/aromatic N) is 2. The zero-order valence-electron chi connectivity index (χ0n) is 15.0. The molecule has 1 aliphatic heterocycles. The predicted octanol–water partition coefficient (Wildman–Crippen LogP) is 3.32. The molecule has 0 bridgehead atoms. The first-order chi connectivity index (χ1) is 13.5. The van der Waals surface area contributed by atoms with E-state index in [-0.39, 0.29) is 24.5 Å². The van der Waals surface area contributed by atoms with Gasteiger partial charge < -0.3 is 19.1 Å². The van der Waals surface area contributed by atoms with Crippen molar-refractivity contribution in [1.82, 2.24) is 0 Å². The monoisotopic (exact) mass is 406 g/mol. The summed E-state index contributed by atoms with van der Waals surface area (Å²) in [7, 11) is 0. The molecule has 2 aromatic rings. The van der Waals surface area contributed by atoms with Gasteiger partial charge in [0.1, 0.15) is 24.7 Å². The van der Waals surface area contributed by atoms with Crippen LogP contribution in [0.25, 0.3) is 0 Å². The number of ether oxygens (including phenoxy) is 3. The van der Waals surface area contributed by atoms with E-state index in [1.165, 1.54) is 12.1 Å². The summed E-state index contributed by atoms with van der Waals surface area (Å²) in [6.07, 6.45) is 0.